The van der Waals surface area contributed by atoms with E-state index >= 15 is 0 Å². The van der Waals surface area contributed by atoms with Gasteiger partial charge in [-0.3, -0.25) is 0 Å². The lowest BCUT2D eigenvalue weighted by Crippen LogP contribution is -1.91. The summed E-state index contributed by atoms with van der Waals surface area (Å²) in [6, 6.07) is 5.57. The zero-order chi connectivity index (χ0) is 10.8. The van der Waals surface area contributed by atoms with Gasteiger partial charge in [0, 0.05) is 5.39 Å². The molecule has 1 aromatic carbocycles. The predicted octanol–water partition coefficient (Wildman–Crippen LogP) is 3.06. The molecule has 0 amide bonds. The highest BCUT2D eigenvalue weighted by atomic mass is 16.5. The van der Waals surface area contributed by atoms with Crippen LogP contribution in [0, 0.1) is 0 Å². The van der Waals surface area contributed by atoms with Gasteiger partial charge in [0.15, 0.2) is 0 Å². The summed E-state index contributed by atoms with van der Waals surface area (Å²) in [5.74, 6) is 1.47. The van der Waals surface area contributed by atoms with Gasteiger partial charge >= 0.3 is 0 Å². The third-order valence-corrected chi connectivity index (χ3v) is 2.27. The third kappa shape index (κ3) is 1.56. The number of allylic oxidation sites excluding steroid dienone is 1. The van der Waals surface area contributed by atoms with Crippen molar-refractivity contribution in [3.05, 3.63) is 30.0 Å². The molecule has 1 aromatic heterocycles. The van der Waals surface area contributed by atoms with Crippen molar-refractivity contribution in [2.45, 2.75) is 6.92 Å². The molecule has 0 aliphatic rings. The number of methoxy groups -OCH3 is 1. The average molecular weight is 203 g/mol. The van der Waals surface area contributed by atoms with Gasteiger partial charge in [-0.15, -0.1) is 0 Å². The second kappa shape index (κ2) is 3.69. The average Bonchev–Trinajstić information content (AvgIpc) is 2.63. The van der Waals surface area contributed by atoms with Gasteiger partial charge in [-0.25, -0.2) is 0 Å². The standard InChI is InChI=1S/C12H13NO2/c1-3-4-8-7-9-10(15-8)5-6-11(14-2)12(9)13/h3-7H,13H2,1-2H3/b4-3-. The Balaban J connectivity index is 2.65. The maximum absolute atomic E-state index is 5.93. The molecule has 2 N–H and O–H groups in total. The fourth-order valence-electron chi connectivity index (χ4n) is 1.56. The van der Waals surface area contributed by atoms with Crippen LogP contribution in [0.5, 0.6) is 5.75 Å². The second-order valence-corrected chi connectivity index (χ2v) is 3.24. The number of hydrogen-bond donors (Lipinski definition) is 1. The lowest BCUT2D eigenvalue weighted by Gasteiger charge is -2.03. The molecule has 1 heterocycles. The van der Waals surface area contributed by atoms with Gasteiger partial charge in [0.25, 0.3) is 0 Å². The molecule has 0 aliphatic carbocycles. The van der Waals surface area contributed by atoms with Gasteiger partial charge in [0.2, 0.25) is 0 Å². The summed E-state index contributed by atoms with van der Waals surface area (Å²) in [7, 11) is 1.60. The molecule has 0 unspecified atom stereocenters. The number of nitrogen functional groups attached to an aromatic ring is 1. The number of rotatable bonds is 2. The SMILES string of the molecule is C/C=C\c1cc2c(N)c(OC)ccc2o1. The largest absolute Gasteiger partial charge is 0.495 e. The zero-order valence-corrected chi connectivity index (χ0v) is 8.78. The highest BCUT2D eigenvalue weighted by molar-refractivity contribution is 5.94. The third-order valence-electron chi connectivity index (χ3n) is 2.27. The molecule has 15 heavy (non-hydrogen) atoms. The Morgan fingerprint density at radius 2 is 2.20 bits per heavy atom. The molecular weight excluding hydrogens is 190 g/mol. The number of benzene rings is 1. The van der Waals surface area contributed by atoms with Crippen molar-refractivity contribution in [3.8, 4) is 5.75 Å². The molecule has 0 bridgehead atoms. The quantitative estimate of drug-likeness (QED) is 0.763. The molecule has 0 spiro atoms. The van der Waals surface area contributed by atoms with Crippen molar-refractivity contribution in [1.82, 2.24) is 0 Å². The van der Waals surface area contributed by atoms with Crippen LogP contribution in [0.2, 0.25) is 0 Å². The lowest BCUT2D eigenvalue weighted by molar-refractivity contribution is 0.417. The van der Waals surface area contributed by atoms with Gasteiger partial charge in [-0.05, 0) is 31.2 Å². The van der Waals surface area contributed by atoms with Crippen LogP contribution < -0.4 is 10.5 Å². The van der Waals surface area contributed by atoms with Crippen molar-refractivity contribution in [2.24, 2.45) is 0 Å². The molecule has 2 aromatic rings. The first-order chi connectivity index (χ1) is 7.26. The predicted molar refractivity (Wildman–Crippen MR) is 61.9 cm³/mol. The Morgan fingerprint density at radius 1 is 1.40 bits per heavy atom. The Hall–Kier alpha value is -1.90. The number of fused-ring (bicyclic) bond motifs is 1. The van der Waals surface area contributed by atoms with E-state index in [2.05, 4.69) is 0 Å². The summed E-state index contributed by atoms with van der Waals surface area (Å²) < 4.78 is 10.7. The minimum Gasteiger partial charge on any atom is -0.495 e. The minimum atomic E-state index is 0.620. The maximum atomic E-state index is 5.93. The summed E-state index contributed by atoms with van der Waals surface area (Å²) in [6.45, 7) is 1.94. The van der Waals surface area contributed by atoms with Crippen molar-refractivity contribution >= 4 is 22.7 Å². The molecular formula is C12H13NO2. The summed E-state index contributed by atoms with van der Waals surface area (Å²) in [5.41, 5.74) is 7.33. The monoisotopic (exact) mass is 203 g/mol. The van der Waals surface area contributed by atoms with E-state index in [1.807, 2.05) is 31.2 Å². The van der Waals surface area contributed by atoms with Crippen LogP contribution in [0.3, 0.4) is 0 Å². The minimum absolute atomic E-state index is 0.620. The number of anilines is 1. The Morgan fingerprint density at radius 3 is 2.87 bits per heavy atom. The van der Waals surface area contributed by atoms with E-state index in [1.165, 1.54) is 0 Å². The number of ether oxygens (including phenoxy) is 1. The van der Waals surface area contributed by atoms with E-state index in [4.69, 9.17) is 14.9 Å². The van der Waals surface area contributed by atoms with Crippen LogP contribution in [0.15, 0.2) is 28.7 Å². The van der Waals surface area contributed by atoms with Gasteiger partial charge in [-0.1, -0.05) is 6.08 Å². The molecule has 0 atom stereocenters. The first kappa shape index (κ1) is 9.65. The summed E-state index contributed by atoms with van der Waals surface area (Å²) in [5, 5.41) is 0.891. The van der Waals surface area contributed by atoms with Gasteiger partial charge in [0.05, 0.1) is 12.8 Å². The first-order valence-electron chi connectivity index (χ1n) is 4.75. The molecule has 0 saturated carbocycles. The van der Waals surface area contributed by atoms with E-state index in [0.29, 0.717) is 11.4 Å². The number of furan rings is 1. The van der Waals surface area contributed by atoms with E-state index < -0.39 is 0 Å². The lowest BCUT2D eigenvalue weighted by atomic mass is 10.2. The van der Waals surface area contributed by atoms with E-state index in [-0.39, 0.29) is 0 Å². The Kier molecular flexibility index (Phi) is 2.37. The molecule has 78 valence electrons. The zero-order valence-electron chi connectivity index (χ0n) is 8.78. The van der Waals surface area contributed by atoms with Crippen molar-refractivity contribution in [2.75, 3.05) is 12.8 Å². The summed E-state index contributed by atoms with van der Waals surface area (Å²) >= 11 is 0. The molecule has 0 aliphatic heterocycles. The van der Waals surface area contributed by atoms with Crippen LogP contribution in [-0.2, 0) is 0 Å². The van der Waals surface area contributed by atoms with Crippen LogP contribution in [0.1, 0.15) is 12.7 Å². The molecule has 0 radical (unpaired) electrons. The number of hydrogen-bond acceptors (Lipinski definition) is 3. The fraction of sp³-hybridized carbons (Fsp3) is 0.167. The smallest absolute Gasteiger partial charge is 0.142 e. The summed E-state index contributed by atoms with van der Waals surface area (Å²) in [4.78, 5) is 0. The van der Waals surface area contributed by atoms with Gasteiger partial charge in [-0.2, -0.15) is 0 Å². The summed E-state index contributed by atoms with van der Waals surface area (Å²) in [6.07, 6.45) is 3.82. The van der Waals surface area contributed by atoms with Gasteiger partial charge in [0.1, 0.15) is 17.1 Å². The first-order valence-corrected chi connectivity index (χ1v) is 4.75. The van der Waals surface area contributed by atoms with Crippen LogP contribution >= 0.6 is 0 Å². The molecule has 0 fully saturated rings. The highest BCUT2D eigenvalue weighted by Crippen LogP contribution is 2.32. The van der Waals surface area contributed by atoms with Crippen molar-refractivity contribution < 1.29 is 9.15 Å². The Labute approximate surface area is 88.1 Å². The van der Waals surface area contributed by atoms with Crippen LogP contribution in [0.4, 0.5) is 5.69 Å². The van der Waals surface area contributed by atoms with Crippen molar-refractivity contribution in [1.29, 1.82) is 0 Å². The second-order valence-electron chi connectivity index (χ2n) is 3.24. The normalized spacial score (nSPS) is 11.3. The molecule has 0 saturated heterocycles. The topological polar surface area (TPSA) is 48.4 Å². The number of nitrogens with two attached hydrogens (primary N) is 1. The van der Waals surface area contributed by atoms with Crippen LogP contribution in [-0.4, -0.2) is 7.11 Å². The van der Waals surface area contributed by atoms with Crippen LogP contribution in [0.25, 0.3) is 17.0 Å². The van der Waals surface area contributed by atoms with E-state index in [9.17, 15) is 0 Å². The highest BCUT2D eigenvalue weighted by Gasteiger charge is 2.08. The fourth-order valence-corrected chi connectivity index (χ4v) is 1.56. The molecule has 2 rings (SSSR count). The van der Waals surface area contributed by atoms with Gasteiger partial charge < -0.3 is 14.9 Å². The van der Waals surface area contributed by atoms with E-state index in [0.717, 1.165) is 16.7 Å². The van der Waals surface area contributed by atoms with E-state index in [1.54, 1.807) is 13.2 Å². The maximum Gasteiger partial charge on any atom is 0.142 e. The van der Waals surface area contributed by atoms with Crippen molar-refractivity contribution in [3.63, 3.8) is 0 Å². The molecule has 3 heteroatoms. The molecule has 3 nitrogen and oxygen atoms in total. The Bertz CT molecular complexity index is 512.